The van der Waals surface area contributed by atoms with Gasteiger partial charge in [0.2, 0.25) is 5.91 Å². The van der Waals surface area contributed by atoms with Gasteiger partial charge in [0.05, 0.1) is 11.7 Å². The lowest BCUT2D eigenvalue weighted by atomic mass is 9.80. The number of aromatic nitrogens is 1. The molecule has 0 radical (unpaired) electrons. The number of likely N-dealkylation sites (tertiary alicyclic amines) is 1. The molecule has 0 bridgehead atoms. The fourth-order valence-electron chi connectivity index (χ4n) is 1.93. The van der Waals surface area contributed by atoms with E-state index in [0.717, 1.165) is 0 Å². The Balaban J connectivity index is 2.00. The van der Waals surface area contributed by atoms with Crippen molar-refractivity contribution in [2.24, 2.45) is 11.1 Å². The highest BCUT2D eigenvalue weighted by Crippen LogP contribution is 2.31. The number of nitrogens with two attached hydrogens (primary N) is 1. The Hall–Kier alpha value is -1.43. The van der Waals surface area contributed by atoms with Gasteiger partial charge in [-0.3, -0.25) is 14.6 Å². The number of thiazole rings is 1. The Morgan fingerprint density at radius 3 is 2.59 bits per heavy atom. The van der Waals surface area contributed by atoms with E-state index in [0.29, 0.717) is 30.8 Å². The first kappa shape index (κ1) is 12.0. The van der Waals surface area contributed by atoms with Crippen molar-refractivity contribution < 1.29 is 9.59 Å². The summed E-state index contributed by atoms with van der Waals surface area (Å²) in [6, 6.07) is 0. The molecule has 1 aliphatic rings. The highest BCUT2D eigenvalue weighted by atomic mass is 32.1. The van der Waals surface area contributed by atoms with Crippen molar-refractivity contribution in [1.82, 2.24) is 9.88 Å². The average Bonchev–Trinajstić information content (AvgIpc) is 2.82. The van der Waals surface area contributed by atoms with E-state index in [2.05, 4.69) is 4.98 Å². The lowest BCUT2D eigenvalue weighted by Crippen LogP contribution is -2.47. The summed E-state index contributed by atoms with van der Waals surface area (Å²) in [5, 5.41) is 0. The molecular weight excluding hydrogens is 238 g/mol. The molecule has 0 aliphatic carbocycles. The standard InChI is InChI=1S/C11H15N3O2S/c1-11(10(12)16)2-4-14(5-3-11)9(15)8-6-13-7-17-8/h6-7H,2-5H2,1H3,(H2,12,16). The first-order valence-electron chi connectivity index (χ1n) is 5.50. The zero-order valence-electron chi connectivity index (χ0n) is 9.68. The average molecular weight is 253 g/mol. The van der Waals surface area contributed by atoms with E-state index < -0.39 is 5.41 Å². The number of rotatable bonds is 2. The van der Waals surface area contributed by atoms with Crippen LogP contribution in [-0.2, 0) is 4.79 Å². The van der Waals surface area contributed by atoms with Crippen LogP contribution >= 0.6 is 11.3 Å². The summed E-state index contributed by atoms with van der Waals surface area (Å²) >= 11 is 1.34. The summed E-state index contributed by atoms with van der Waals surface area (Å²) in [6.45, 7) is 3.02. The molecule has 5 nitrogen and oxygen atoms in total. The summed E-state index contributed by atoms with van der Waals surface area (Å²) in [5.74, 6) is -0.276. The fraction of sp³-hybridized carbons (Fsp3) is 0.545. The molecule has 6 heteroatoms. The zero-order chi connectivity index (χ0) is 12.5. The molecule has 0 aromatic carbocycles. The van der Waals surface area contributed by atoms with Crippen molar-refractivity contribution in [2.45, 2.75) is 19.8 Å². The normalized spacial score (nSPS) is 19.0. The third-order valence-corrected chi connectivity index (χ3v) is 4.15. The van der Waals surface area contributed by atoms with Crippen LogP contribution in [0.1, 0.15) is 29.4 Å². The van der Waals surface area contributed by atoms with E-state index in [-0.39, 0.29) is 11.8 Å². The molecule has 2 N–H and O–H groups in total. The third kappa shape index (κ3) is 2.31. The molecule has 92 valence electrons. The number of primary amides is 1. The van der Waals surface area contributed by atoms with Gasteiger partial charge in [0.1, 0.15) is 4.88 Å². The molecule has 1 aliphatic heterocycles. The molecule has 1 fully saturated rings. The first-order valence-corrected chi connectivity index (χ1v) is 6.38. The van der Waals surface area contributed by atoms with E-state index in [9.17, 15) is 9.59 Å². The van der Waals surface area contributed by atoms with E-state index in [1.54, 1.807) is 16.6 Å². The van der Waals surface area contributed by atoms with Crippen molar-refractivity contribution in [3.63, 3.8) is 0 Å². The Morgan fingerprint density at radius 1 is 1.47 bits per heavy atom. The number of amides is 2. The lowest BCUT2D eigenvalue weighted by molar-refractivity contribution is -0.129. The highest BCUT2D eigenvalue weighted by molar-refractivity contribution is 7.11. The molecule has 0 atom stereocenters. The minimum absolute atomic E-state index is 0.000907. The van der Waals surface area contributed by atoms with Crippen molar-refractivity contribution in [1.29, 1.82) is 0 Å². The predicted octanol–water partition coefficient (Wildman–Crippen LogP) is 0.871. The number of carbonyl (C=O) groups excluding carboxylic acids is 2. The zero-order valence-corrected chi connectivity index (χ0v) is 10.5. The van der Waals surface area contributed by atoms with Gasteiger partial charge in [-0.05, 0) is 12.8 Å². The van der Waals surface area contributed by atoms with Crippen molar-refractivity contribution in [2.75, 3.05) is 13.1 Å². The third-order valence-electron chi connectivity index (χ3n) is 3.39. The summed E-state index contributed by atoms with van der Waals surface area (Å²) in [4.78, 5) is 29.6. The van der Waals surface area contributed by atoms with E-state index in [1.165, 1.54) is 11.3 Å². The van der Waals surface area contributed by atoms with Crippen LogP contribution in [-0.4, -0.2) is 34.8 Å². The van der Waals surface area contributed by atoms with Crippen LogP contribution in [0.4, 0.5) is 0 Å². The van der Waals surface area contributed by atoms with Crippen LogP contribution in [0.3, 0.4) is 0 Å². The van der Waals surface area contributed by atoms with Crippen LogP contribution in [0.25, 0.3) is 0 Å². The van der Waals surface area contributed by atoms with E-state index in [1.807, 2.05) is 6.92 Å². The largest absolute Gasteiger partial charge is 0.369 e. The van der Waals surface area contributed by atoms with Gasteiger partial charge >= 0.3 is 0 Å². The monoisotopic (exact) mass is 253 g/mol. The van der Waals surface area contributed by atoms with Gasteiger partial charge in [0.15, 0.2) is 0 Å². The Morgan fingerprint density at radius 2 is 2.12 bits per heavy atom. The second-order valence-corrected chi connectivity index (χ2v) is 5.47. The summed E-state index contributed by atoms with van der Waals surface area (Å²) in [5.41, 5.74) is 6.54. The molecule has 0 unspecified atom stereocenters. The molecule has 17 heavy (non-hydrogen) atoms. The van der Waals surface area contributed by atoms with Crippen molar-refractivity contribution in [3.05, 3.63) is 16.6 Å². The molecular formula is C11H15N3O2S. The van der Waals surface area contributed by atoms with Gasteiger partial charge in [-0.1, -0.05) is 6.92 Å². The van der Waals surface area contributed by atoms with Crippen LogP contribution in [0.15, 0.2) is 11.7 Å². The quantitative estimate of drug-likeness (QED) is 0.849. The summed E-state index contributed by atoms with van der Waals surface area (Å²) < 4.78 is 0. The minimum Gasteiger partial charge on any atom is -0.369 e. The van der Waals surface area contributed by atoms with Crippen LogP contribution in [0.5, 0.6) is 0 Å². The molecule has 2 rings (SSSR count). The minimum atomic E-state index is -0.468. The molecule has 2 amide bonds. The van der Waals surface area contributed by atoms with Gasteiger partial charge in [-0.15, -0.1) is 11.3 Å². The smallest absolute Gasteiger partial charge is 0.265 e. The van der Waals surface area contributed by atoms with Gasteiger partial charge in [-0.2, -0.15) is 0 Å². The second kappa shape index (κ2) is 4.44. The number of piperidine rings is 1. The van der Waals surface area contributed by atoms with Crippen LogP contribution < -0.4 is 5.73 Å². The second-order valence-electron chi connectivity index (χ2n) is 4.58. The molecule has 0 saturated carbocycles. The predicted molar refractivity (Wildman–Crippen MR) is 64.6 cm³/mol. The number of carbonyl (C=O) groups is 2. The molecule has 1 saturated heterocycles. The molecule has 1 aromatic heterocycles. The molecule has 2 heterocycles. The maximum absolute atomic E-state index is 12.0. The van der Waals surface area contributed by atoms with Crippen molar-refractivity contribution >= 4 is 23.2 Å². The highest BCUT2D eigenvalue weighted by Gasteiger charge is 2.36. The Kier molecular flexibility index (Phi) is 3.15. The topological polar surface area (TPSA) is 76.3 Å². The van der Waals surface area contributed by atoms with Gasteiger partial charge < -0.3 is 10.6 Å². The summed E-state index contributed by atoms with van der Waals surface area (Å²) in [6.07, 6.45) is 2.84. The Labute approximate surface area is 104 Å². The SMILES string of the molecule is CC1(C(N)=O)CCN(C(=O)c2cncs2)CC1. The molecule has 0 spiro atoms. The van der Waals surface area contributed by atoms with E-state index in [4.69, 9.17) is 5.73 Å². The Bertz CT molecular complexity index is 422. The van der Waals surface area contributed by atoms with Crippen LogP contribution in [0, 0.1) is 5.41 Å². The lowest BCUT2D eigenvalue weighted by Gasteiger charge is -2.36. The number of nitrogens with zero attached hydrogens (tertiary/aromatic N) is 2. The summed E-state index contributed by atoms with van der Waals surface area (Å²) in [7, 11) is 0. The van der Waals surface area contributed by atoms with Crippen LogP contribution in [0.2, 0.25) is 0 Å². The van der Waals surface area contributed by atoms with Gasteiger partial charge in [-0.25, -0.2) is 0 Å². The number of hydrogen-bond acceptors (Lipinski definition) is 4. The fourth-order valence-corrected chi connectivity index (χ4v) is 2.51. The maximum Gasteiger partial charge on any atom is 0.265 e. The van der Waals surface area contributed by atoms with E-state index >= 15 is 0 Å². The maximum atomic E-state index is 12.0. The van der Waals surface area contributed by atoms with Gasteiger partial charge in [0.25, 0.3) is 5.91 Å². The number of hydrogen-bond donors (Lipinski definition) is 1. The first-order chi connectivity index (χ1) is 8.03. The van der Waals surface area contributed by atoms with Crippen molar-refractivity contribution in [3.8, 4) is 0 Å². The molecule has 1 aromatic rings. The van der Waals surface area contributed by atoms with Gasteiger partial charge in [0, 0.05) is 18.5 Å².